The molecule has 118 valence electrons. The van der Waals surface area contributed by atoms with Crippen LogP contribution in [0.4, 0.5) is 5.69 Å². The number of pyridine rings is 1. The van der Waals surface area contributed by atoms with Crippen molar-refractivity contribution < 1.29 is 0 Å². The summed E-state index contributed by atoms with van der Waals surface area (Å²) in [6, 6.07) is 12.6. The van der Waals surface area contributed by atoms with Crippen molar-refractivity contribution in [1.82, 2.24) is 4.98 Å². The number of nitrogens with zero attached hydrogens (tertiary/aromatic N) is 2. The zero-order valence-electron chi connectivity index (χ0n) is 13.5. The standard InChI is InChI=1S/C19H21N3S/c1-3-17-6-7-19(23-17)18(11-20)13(2)22-16-5-4-15-12-21-9-8-14(15)10-16/h4-10,12,18H,3,11,20H2,1-2H3. The van der Waals surface area contributed by atoms with Gasteiger partial charge in [-0.05, 0) is 49.1 Å². The molecule has 0 radical (unpaired) electrons. The number of fused-ring (bicyclic) bond motifs is 1. The van der Waals surface area contributed by atoms with Gasteiger partial charge in [0.15, 0.2) is 0 Å². The van der Waals surface area contributed by atoms with Gasteiger partial charge in [0, 0.05) is 45.7 Å². The quantitative estimate of drug-likeness (QED) is 0.692. The Labute approximate surface area is 140 Å². The van der Waals surface area contributed by atoms with Crippen molar-refractivity contribution in [1.29, 1.82) is 0 Å². The van der Waals surface area contributed by atoms with Gasteiger partial charge in [0.2, 0.25) is 0 Å². The minimum Gasteiger partial charge on any atom is -0.329 e. The number of hydrogen-bond acceptors (Lipinski definition) is 4. The first kappa shape index (κ1) is 15.8. The number of benzene rings is 1. The van der Waals surface area contributed by atoms with Crippen molar-refractivity contribution in [3.63, 3.8) is 0 Å². The van der Waals surface area contributed by atoms with Crippen LogP contribution in [-0.2, 0) is 6.42 Å². The summed E-state index contributed by atoms with van der Waals surface area (Å²) < 4.78 is 0. The smallest absolute Gasteiger partial charge is 0.0635 e. The highest BCUT2D eigenvalue weighted by atomic mass is 32.1. The van der Waals surface area contributed by atoms with E-state index in [2.05, 4.69) is 43.1 Å². The Kier molecular flexibility index (Phi) is 4.84. The number of rotatable bonds is 5. The highest BCUT2D eigenvalue weighted by Crippen LogP contribution is 2.28. The van der Waals surface area contributed by atoms with Gasteiger partial charge in [-0.3, -0.25) is 9.98 Å². The van der Waals surface area contributed by atoms with Gasteiger partial charge in [0.25, 0.3) is 0 Å². The summed E-state index contributed by atoms with van der Waals surface area (Å²) in [7, 11) is 0. The zero-order valence-corrected chi connectivity index (χ0v) is 14.3. The van der Waals surface area contributed by atoms with Crippen molar-refractivity contribution in [2.75, 3.05) is 6.54 Å². The largest absolute Gasteiger partial charge is 0.329 e. The van der Waals surface area contributed by atoms with Crippen LogP contribution in [0.3, 0.4) is 0 Å². The molecule has 0 aliphatic carbocycles. The number of aromatic nitrogens is 1. The highest BCUT2D eigenvalue weighted by Gasteiger charge is 2.15. The van der Waals surface area contributed by atoms with Crippen LogP contribution < -0.4 is 5.73 Å². The predicted molar refractivity (Wildman–Crippen MR) is 100 cm³/mol. The number of hydrogen-bond donors (Lipinski definition) is 1. The molecule has 3 nitrogen and oxygen atoms in total. The number of aliphatic imine (C=N–C) groups is 1. The van der Waals surface area contributed by atoms with Gasteiger partial charge in [-0.2, -0.15) is 0 Å². The van der Waals surface area contributed by atoms with E-state index in [-0.39, 0.29) is 5.92 Å². The van der Waals surface area contributed by atoms with Crippen LogP contribution in [0.1, 0.15) is 29.5 Å². The normalized spacial score (nSPS) is 13.4. The average molecular weight is 323 g/mol. The first-order valence-electron chi connectivity index (χ1n) is 7.89. The SMILES string of the molecule is CCc1ccc(C(CN)C(C)=Nc2ccc3cnccc3c2)s1. The molecule has 2 N–H and O–H groups in total. The lowest BCUT2D eigenvalue weighted by Gasteiger charge is -2.13. The van der Waals surface area contributed by atoms with Gasteiger partial charge in [-0.15, -0.1) is 11.3 Å². The Hall–Kier alpha value is -2.04. The lowest BCUT2D eigenvalue weighted by Crippen LogP contribution is -2.18. The predicted octanol–water partition coefficient (Wildman–Crippen LogP) is 4.69. The monoisotopic (exact) mass is 323 g/mol. The van der Waals surface area contributed by atoms with Crippen molar-refractivity contribution in [3.8, 4) is 0 Å². The second kappa shape index (κ2) is 7.02. The lowest BCUT2D eigenvalue weighted by molar-refractivity contribution is 0.902. The molecule has 1 unspecified atom stereocenters. The van der Waals surface area contributed by atoms with Crippen molar-refractivity contribution in [2.24, 2.45) is 10.7 Å². The number of thiophene rings is 1. The van der Waals surface area contributed by atoms with Crippen LogP contribution in [0, 0.1) is 0 Å². The third-order valence-electron chi connectivity index (χ3n) is 4.04. The Morgan fingerprint density at radius 1 is 1.22 bits per heavy atom. The average Bonchev–Trinajstić information content (AvgIpc) is 3.04. The molecule has 0 fully saturated rings. The van der Waals surface area contributed by atoms with Gasteiger partial charge in [0.1, 0.15) is 0 Å². The van der Waals surface area contributed by atoms with E-state index in [1.807, 2.05) is 35.9 Å². The number of aryl methyl sites for hydroxylation is 1. The summed E-state index contributed by atoms with van der Waals surface area (Å²) in [6.07, 6.45) is 4.75. The van der Waals surface area contributed by atoms with Gasteiger partial charge in [-0.25, -0.2) is 0 Å². The van der Waals surface area contributed by atoms with Crippen LogP contribution in [0.5, 0.6) is 0 Å². The lowest BCUT2D eigenvalue weighted by atomic mass is 10.0. The van der Waals surface area contributed by atoms with Crippen LogP contribution in [0.25, 0.3) is 10.8 Å². The van der Waals surface area contributed by atoms with E-state index in [1.165, 1.54) is 9.75 Å². The Morgan fingerprint density at radius 2 is 2.09 bits per heavy atom. The summed E-state index contributed by atoms with van der Waals surface area (Å²) in [5, 5.41) is 2.29. The maximum atomic E-state index is 6.02. The summed E-state index contributed by atoms with van der Waals surface area (Å²) >= 11 is 1.84. The van der Waals surface area contributed by atoms with Gasteiger partial charge in [0.05, 0.1) is 5.69 Å². The Balaban J connectivity index is 1.91. The fraction of sp³-hybridized carbons (Fsp3) is 0.263. The van der Waals surface area contributed by atoms with Crippen molar-refractivity contribution in [3.05, 3.63) is 58.5 Å². The molecule has 0 spiro atoms. The molecule has 0 saturated carbocycles. The maximum Gasteiger partial charge on any atom is 0.0635 e. The minimum atomic E-state index is 0.188. The fourth-order valence-electron chi connectivity index (χ4n) is 2.69. The summed E-state index contributed by atoms with van der Waals surface area (Å²) in [5.74, 6) is 0.188. The second-order valence-electron chi connectivity index (χ2n) is 5.61. The second-order valence-corrected chi connectivity index (χ2v) is 6.81. The summed E-state index contributed by atoms with van der Waals surface area (Å²) in [6.45, 7) is 4.83. The molecule has 0 saturated heterocycles. The topological polar surface area (TPSA) is 51.3 Å². The molecular formula is C19H21N3S. The summed E-state index contributed by atoms with van der Waals surface area (Å²) in [4.78, 5) is 11.7. The molecular weight excluding hydrogens is 302 g/mol. The molecule has 1 atom stereocenters. The Bertz CT molecular complexity index is 835. The van der Waals surface area contributed by atoms with Crippen LogP contribution in [0.15, 0.2) is 53.8 Å². The van der Waals surface area contributed by atoms with E-state index in [0.29, 0.717) is 6.54 Å². The molecule has 2 heterocycles. The van der Waals surface area contributed by atoms with E-state index >= 15 is 0 Å². The molecule has 2 aromatic heterocycles. The van der Waals surface area contributed by atoms with Gasteiger partial charge in [-0.1, -0.05) is 13.0 Å². The van der Waals surface area contributed by atoms with Crippen molar-refractivity contribution in [2.45, 2.75) is 26.2 Å². The minimum absolute atomic E-state index is 0.188. The first-order valence-corrected chi connectivity index (χ1v) is 8.70. The van der Waals surface area contributed by atoms with Crippen molar-refractivity contribution >= 4 is 33.5 Å². The van der Waals surface area contributed by atoms with E-state index < -0.39 is 0 Å². The van der Waals surface area contributed by atoms with Gasteiger partial charge < -0.3 is 5.73 Å². The molecule has 0 bridgehead atoms. The van der Waals surface area contributed by atoms with E-state index in [9.17, 15) is 0 Å². The third-order valence-corrected chi connectivity index (χ3v) is 5.39. The zero-order chi connectivity index (χ0) is 16.2. The third kappa shape index (κ3) is 3.49. The molecule has 1 aromatic carbocycles. The molecule has 0 aliphatic rings. The maximum absolute atomic E-state index is 6.02. The van der Waals surface area contributed by atoms with E-state index in [4.69, 9.17) is 10.7 Å². The molecule has 23 heavy (non-hydrogen) atoms. The van der Waals surface area contributed by atoms with Crippen LogP contribution >= 0.6 is 11.3 Å². The first-order chi connectivity index (χ1) is 11.2. The highest BCUT2D eigenvalue weighted by molar-refractivity contribution is 7.12. The summed E-state index contributed by atoms with van der Waals surface area (Å²) in [5.41, 5.74) is 8.04. The fourth-order valence-corrected chi connectivity index (χ4v) is 3.81. The van der Waals surface area contributed by atoms with E-state index in [0.717, 1.165) is 28.6 Å². The van der Waals surface area contributed by atoms with Gasteiger partial charge >= 0.3 is 0 Å². The number of nitrogens with two attached hydrogens (primary N) is 1. The molecule has 3 rings (SSSR count). The van der Waals surface area contributed by atoms with E-state index in [1.54, 1.807) is 0 Å². The Morgan fingerprint density at radius 3 is 2.83 bits per heavy atom. The molecule has 0 aliphatic heterocycles. The molecule has 0 amide bonds. The van der Waals surface area contributed by atoms with Crippen LogP contribution in [0.2, 0.25) is 0 Å². The molecule has 4 heteroatoms. The molecule has 3 aromatic rings. The van der Waals surface area contributed by atoms with Crippen LogP contribution in [-0.4, -0.2) is 17.2 Å².